The molecule has 120 valence electrons. The van der Waals surface area contributed by atoms with Gasteiger partial charge in [0.15, 0.2) is 5.96 Å². The molecule has 6 heteroatoms. The van der Waals surface area contributed by atoms with Gasteiger partial charge in [0.2, 0.25) is 0 Å². The summed E-state index contributed by atoms with van der Waals surface area (Å²) in [4.78, 5) is 11.9. The molecule has 0 radical (unpaired) electrons. The number of rotatable bonds is 4. The van der Waals surface area contributed by atoms with Gasteiger partial charge in [-0.05, 0) is 37.0 Å². The van der Waals surface area contributed by atoms with Gasteiger partial charge < -0.3 is 16.0 Å². The number of nitrogens with zero attached hydrogens (tertiary/aromatic N) is 2. The van der Waals surface area contributed by atoms with Crippen LogP contribution in [0.15, 0.2) is 29.5 Å². The van der Waals surface area contributed by atoms with Crippen LogP contribution in [0.1, 0.15) is 37.7 Å². The maximum atomic E-state index is 5.98. The Morgan fingerprint density at radius 3 is 3.00 bits per heavy atom. The quantitative estimate of drug-likeness (QED) is 0.410. The molecule has 5 nitrogen and oxygen atoms in total. The van der Waals surface area contributed by atoms with Crippen LogP contribution in [0.4, 0.5) is 0 Å². The third-order valence-electron chi connectivity index (χ3n) is 4.16. The number of halogens is 1. The van der Waals surface area contributed by atoms with Gasteiger partial charge in [0.25, 0.3) is 0 Å². The van der Waals surface area contributed by atoms with Crippen molar-refractivity contribution in [3.05, 3.63) is 30.1 Å². The van der Waals surface area contributed by atoms with Crippen molar-refractivity contribution < 1.29 is 0 Å². The highest BCUT2D eigenvalue weighted by molar-refractivity contribution is 14.0. The summed E-state index contributed by atoms with van der Waals surface area (Å²) in [5, 5.41) is 4.52. The molecular formula is C16H24IN5. The predicted octanol–water partition coefficient (Wildman–Crippen LogP) is 2.96. The number of guanidine groups is 1. The summed E-state index contributed by atoms with van der Waals surface area (Å²) in [7, 11) is 0. The molecule has 1 aliphatic rings. The lowest BCUT2D eigenvalue weighted by Crippen LogP contribution is -2.41. The molecule has 0 amide bonds. The number of hydrogen-bond donors (Lipinski definition) is 3. The fraction of sp³-hybridized carbons (Fsp3) is 0.500. The first-order valence-corrected chi connectivity index (χ1v) is 7.80. The first kappa shape index (κ1) is 17.1. The fourth-order valence-electron chi connectivity index (χ4n) is 3.02. The number of aliphatic imine (C=N–C) groups is 1. The van der Waals surface area contributed by atoms with E-state index in [0.29, 0.717) is 18.5 Å². The third-order valence-corrected chi connectivity index (χ3v) is 4.16. The number of fused-ring (bicyclic) bond motifs is 1. The van der Waals surface area contributed by atoms with Crippen LogP contribution < -0.4 is 11.1 Å². The van der Waals surface area contributed by atoms with Crippen molar-refractivity contribution in [3.63, 3.8) is 0 Å². The minimum Gasteiger partial charge on any atom is -0.370 e. The van der Waals surface area contributed by atoms with Gasteiger partial charge >= 0.3 is 0 Å². The lowest BCUT2D eigenvalue weighted by molar-refractivity contribution is 0.412. The SMILES string of the molecule is I.NC(=NCCc1c[nH]c2ncccc12)NC1CCCCC1. The van der Waals surface area contributed by atoms with Crippen LogP contribution in [0.2, 0.25) is 0 Å². The molecule has 1 fully saturated rings. The summed E-state index contributed by atoms with van der Waals surface area (Å²) >= 11 is 0. The van der Waals surface area contributed by atoms with E-state index in [1.807, 2.05) is 12.3 Å². The Bertz CT molecular complexity index is 616. The first-order chi connectivity index (χ1) is 10.3. The van der Waals surface area contributed by atoms with Gasteiger partial charge in [0, 0.05) is 30.4 Å². The van der Waals surface area contributed by atoms with Gasteiger partial charge in [-0.15, -0.1) is 24.0 Å². The van der Waals surface area contributed by atoms with Crippen LogP contribution in [0.3, 0.4) is 0 Å². The number of pyridine rings is 1. The normalized spacial score (nSPS) is 16.5. The van der Waals surface area contributed by atoms with E-state index >= 15 is 0 Å². The summed E-state index contributed by atoms with van der Waals surface area (Å²) in [6, 6.07) is 4.56. The molecule has 1 aliphatic carbocycles. The smallest absolute Gasteiger partial charge is 0.188 e. The highest BCUT2D eigenvalue weighted by Crippen LogP contribution is 2.17. The first-order valence-electron chi connectivity index (χ1n) is 7.80. The molecule has 0 aromatic carbocycles. The van der Waals surface area contributed by atoms with Crippen molar-refractivity contribution in [2.45, 2.75) is 44.6 Å². The summed E-state index contributed by atoms with van der Waals surface area (Å²) < 4.78 is 0. The predicted molar refractivity (Wildman–Crippen MR) is 102 cm³/mol. The van der Waals surface area contributed by atoms with Gasteiger partial charge in [0.05, 0.1) is 0 Å². The molecule has 2 aromatic heterocycles. The van der Waals surface area contributed by atoms with Gasteiger partial charge in [-0.1, -0.05) is 19.3 Å². The Balaban J connectivity index is 0.00000176. The van der Waals surface area contributed by atoms with Gasteiger partial charge in [0.1, 0.15) is 5.65 Å². The standard InChI is InChI=1S/C16H23N5.HI/c17-16(21-13-5-2-1-3-6-13)19-10-8-12-11-20-15-14(12)7-4-9-18-15;/h4,7,9,11,13H,1-3,5-6,8,10H2,(H,18,20)(H3,17,19,21);1H. The fourth-order valence-corrected chi connectivity index (χ4v) is 3.02. The highest BCUT2D eigenvalue weighted by Gasteiger charge is 2.13. The maximum absolute atomic E-state index is 5.98. The molecule has 0 bridgehead atoms. The average Bonchev–Trinajstić information content (AvgIpc) is 2.92. The highest BCUT2D eigenvalue weighted by atomic mass is 127. The van der Waals surface area contributed by atoms with Crippen molar-refractivity contribution in [1.29, 1.82) is 0 Å². The third kappa shape index (κ3) is 4.34. The van der Waals surface area contributed by atoms with Gasteiger partial charge in [-0.3, -0.25) is 4.99 Å². The van der Waals surface area contributed by atoms with E-state index in [0.717, 1.165) is 12.1 Å². The molecule has 2 aromatic rings. The van der Waals surface area contributed by atoms with Crippen LogP contribution in [0, 0.1) is 0 Å². The second-order valence-electron chi connectivity index (χ2n) is 5.71. The largest absolute Gasteiger partial charge is 0.370 e. The zero-order valence-electron chi connectivity index (χ0n) is 12.7. The van der Waals surface area contributed by atoms with Crippen LogP contribution in [-0.2, 0) is 6.42 Å². The Kier molecular flexibility index (Phi) is 6.48. The van der Waals surface area contributed by atoms with E-state index in [2.05, 4.69) is 26.3 Å². The minimum absolute atomic E-state index is 0. The van der Waals surface area contributed by atoms with E-state index in [9.17, 15) is 0 Å². The molecule has 1 saturated carbocycles. The monoisotopic (exact) mass is 413 g/mol. The van der Waals surface area contributed by atoms with E-state index < -0.39 is 0 Å². The van der Waals surface area contributed by atoms with Crippen molar-refractivity contribution in [1.82, 2.24) is 15.3 Å². The lowest BCUT2D eigenvalue weighted by atomic mass is 9.96. The van der Waals surface area contributed by atoms with Gasteiger partial charge in [-0.25, -0.2) is 4.98 Å². The summed E-state index contributed by atoms with van der Waals surface area (Å²) in [6.07, 6.45) is 11.1. The molecule has 0 spiro atoms. The van der Waals surface area contributed by atoms with Gasteiger partial charge in [-0.2, -0.15) is 0 Å². The van der Waals surface area contributed by atoms with E-state index in [1.54, 1.807) is 6.20 Å². The van der Waals surface area contributed by atoms with E-state index in [-0.39, 0.29) is 24.0 Å². The summed E-state index contributed by atoms with van der Waals surface area (Å²) in [5.41, 5.74) is 8.15. The summed E-state index contributed by atoms with van der Waals surface area (Å²) in [5.74, 6) is 0.583. The van der Waals surface area contributed by atoms with Crippen molar-refractivity contribution in [3.8, 4) is 0 Å². The average molecular weight is 413 g/mol. The van der Waals surface area contributed by atoms with Crippen LogP contribution in [0.25, 0.3) is 11.0 Å². The van der Waals surface area contributed by atoms with Crippen molar-refractivity contribution in [2.75, 3.05) is 6.54 Å². The minimum atomic E-state index is 0. The topological polar surface area (TPSA) is 79.1 Å². The molecule has 2 heterocycles. The second kappa shape index (κ2) is 8.36. The van der Waals surface area contributed by atoms with Crippen LogP contribution >= 0.6 is 24.0 Å². The summed E-state index contributed by atoms with van der Waals surface area (Å²) in [6.45, 7) is 0.702. The number of aromatic amines is 1. The molecule has 0 unspecified atom stereocenters. The Labute approximate surface area is 148 Å². The Morgan fingerprint density at radius 1 is 1.36 bits per heavy atom. The molecule has 22 heavy (non-hydrogen) atoms. The number of H-pyrrole nitrogens is 1. The molecule has 4 N–H and O–H groups in total. The molecular weight excluding hydrogens is 389 g/mol. The Hall–Kier alpha value is -1.31. The molecule has 3 rings (SSSR count). The van der Waals surface area contributed by atoms with Crippen LogP contribution in [0.5, 0.6) is 0 Å². The number of hydrogen-bond acceptors (Lipinski definition) is 2. The number of nitrogens with one attached hydrogen (secondary N) is 2. The molecule has 0 atom stereocenters. The van der Waals surface area contributed by atoms with E-state index in [1.165, 1.54) is 43.1 Å². The van der Waals surface area contributed by atoms with Crippen molar-refractivity contribution >= 4 is 41.0 Å². The number of nitrogens with two attached hydrogens (primary N) is 1. The zero-order valence-corrected chi connectivity index (χ0v) is 15.0. The molecule has 0 aliphatic heterocycles. The molecule has 0 saturated heterocycles. The zero-order chi connectivity index (χ0) is 14.5. The maximum Gasteiger partial charge on any atom is 0.188 e. The van der Waals surface area contributed by atoms with Crippen LogP contribution in [-0.4, -0.2) is 28.5 Å². The van der Waals surface area contributed by atoms with Crippen molar-refractivity contribution in [2.24, 2.45) is 10.7 Å². The number of aromatic nitrogens is 2. The Morgan fingerprint density at radius 2 is 2.18 bits per heavy atom. The van der Waals surface area contributed by atoms with E-state index in [4.69, 9.17) is 5.73 Å². The second-order valence-corrected chi connectivity index (χ2v) is 5.71. The lowest BCUT2D eigenvalue weighted by Gasteiger charge is -2.23.